The first-order valence-corrected chi connectivity index (χ1v) is 10.5. The van der Waals surface area contributed by atoms with Gasteiger partial charge in [0, 0.05) is 39.2 Å². The Morgan fingerprint density at radius 2 is 1.71 bits per heavy atom. The molecule has 28 heavy (non-hydrogen) atoms. The first-order chi connectivity index (χ1) is 13.3. The Hall–Kier alpha value is -2.94. The molecule has 0 bridgehead atoms. The van der Waals surface area contributed by atoms with E-state index >= 15 is 0 Å². The molecule has 0 radical (unpaired) electrons. The van der Waals surface area contributed by atoms with Gasteiger partial charge in [-0.15, -0.1) is 0 Å². The van der Waals surface area contributed by atoms with Crippen LogP contribution in [0.3, 0.4) is 0 Å². The Morgan fingerprint density at radius 1 is 1.07 bits per heavy atom. The second-order valence-corrected chi connectivity index (χ2v) is 8.64. The molecule has 8 nitrogen and oxygen atoms in total. The number of nitro benzene ring substituents is 1. The molecule has 2 aromatic rings. The summed E-state index contributed by atoms with van der Waals surface area (Å²) in [6.45, 7) is 3.35. The number of piperazine rings is 1. The summed E-state index contributed by atoms with van der Waals surface area (Å²) in [5.74, 6) is -0.252. The molecule has 0 aromatic heterocycles. The molecule has 0 aliphatic carbocycles. The molecule has 1 aliphatic rings. The summed E-state index contributed by atoms with van der Waals surface area (Å²) in [7, 11) is -3.71. The van der Waals surface area contributed by atoms with Gasteiger partial charge in [0.2, 0.25) is 5.91 Å². The number of sulfone groups is 1. The topological polar surface area (TPSA) is 101 Å². The number of hydrogen-bond acceptors (Lipinski definition) is 6. The number of rotatable bonds is 5. The quantitative estimate of drug-likeness (QED) is 0.561. The molecule has 1 saturated heterocycles. The molecule has 0 N–H and O–H groups in total. The number of hydrogen-bond donors (Lipinski definition) is 0. The van der Waals surface area contributed by atoms with Crippen LogP contribution >= 0.6 is 0 Å². The van der Waals surface area contributed by atoms with Gasteiger partial charge in [-0.05, 0) is 17.7 Å². The fourth-order valence-corrected chi connectivity index (χ4v) is 4.61. The zero-order valence-electron chi connectivity index (χ0n) is 15.4. The van der Waals surface area contributed by atoms with E-state index in [9.17, 15) is 23.3 Å². The van der Waals surface area contributed by atoms with E-state index in [4.69, 9.17) is 0 Å². The highest BCUT2D eigenvalue weighted by Crippen LogP contribution is 2.32. The highest BCUT2D eigenvalue weighted by atomic mass is 32.2. The minimum atomic E-state index is -3.71. The minimum absolute atomic E-state index is 0.0310. The average molecular weight is 403 g/mol. The molecule has 0 atom stereocenters. The van der Waals surface area contributed by atoms with E-state index in [0.29, 0.717) is 37.4 Å². The van der Waals surface area contributed by atoms with Crippen LogP contribution < -0.4 is 4.90 Å². The van der Waals surface area contributed by atoms with Crippen molar-refractivity contribution in [1.29, 1.82) is 0 Å². The van der Waals surface area contributed by atoms with Crippen molar-refractivity contribution in [3.05, 3.63) is 64.2 Å². The number of anilines is 1. The van der Waals surface area contributed by atoms with Crippen LogP contribution in [-0.4, -0.2) is 50.3 Å². The van der Waals surface area contributed by atoms with Gasteiger partial charge in [0.1, 0.15) is 5.69 Å². The van der Waals surface area contributed by atoms with Crippen LogP contribution in [0.15, 0.2) is 53.4 Å². The van der Waals surface area contributed by atoms with Crippen molar-refractivity contribution in [2.24, 2.45) is 0 Å². The summed E-state index contributed by atoms with van der Waals surface area (Å²) in [6, 6.07) is 12.7. The number of nitrogens with zero attached hydrogens (tertiary/aromatic N) is 3. The second kappa shape index (κ2) is 7.97. The van der Waals surface area contributed by atoms with Crippen LogP contribution in [0.1, 0.15) is 12.5 Å². The average Bonchev–Trinajstić information content (AvgIpc) is 2.68. The van der Waals surface area contributed by atoms with Crippen molar-refractivity contribution >= 4 is 27.1 Å². The predicted octanol–water partition coefficient (Wildman–Crippen LogP) is 2.24. The van der Waals surface area contributed by atoms with Gasteiger partial charge in [0.25, 0.3) is 5.69 Å². The Kier molecular flexibility index (Phi) is 5.64. The maximum atomic E-state index is 12.7. The standard InChI is InChI=1S/C19H21N3O5S/c1-15(23)20-9-11-21(12-10-20)18-8-7-17(13-19(18)22(24)25)28(26,27)14-16-5-3-2-4-6-16/h2-8,13H,9-12,14H2,1H3. The van der Waals surface area contributed by atoms with Gasteiger partial charge in [-0.25, -0.2) is 8.42 Å². The lowest BCUT2D eigenvalue weighted by molar-refractivity contribution is -0.384. The molecular formula is C19H21N3O5S. The van der Waals surface area contributed by atoms with E-state index in [1.807, 2.05) is 4.90 Å². The molecule has 1 fully saturated rings. The summed E-state index contributed by atoms with van der Waals surface area (Å²) < 4.78 is 25.4. The van der Waals surface area contributed by atoms with Crippen molar-refractivity contribution in [2.75, 3.05) is 31.1 Å². The molecule has 9 heteroatoms. The SMILES string of the molecule is CC(=O)N1CCN(c2ccc(S(=O)(=O)Cc3ccccc3)cc2[N+](=O)[O-])CC1. The zero-order chi connectivity index (χ0) is 20.3. The molecule has 1 aliphatic heterocycles. The molecule has 0 saturated carbocycles. The normalized spacial score (nSPS) is 14.8. The van der Waals surface area contributed by atoms with Crippen LogP contribution in [-0.2, 0) is 20.4 Å². The van der Waals surface area contributed by atoms with E-state index in [0.717, 1.165) is 6.07 Å². The van der Waals surface area contributed by atoms with Gasteiger partial charge >= 0.3 is 0 Å². The molecule has 148 valence electrons. The predicted molar refractivity (Wildman–Crippen MR) is 105 cm³/mol. The van der Waals surface area contributed by atoms with Crippen molar-refractivity contribution in [3.63, 3.8) is 0 Å². The van der Waals surface area contributed by atoms with Crippen molar-refractivity contribution in [3.8, 4) is 0 Å². The van der Waals surface area contributed by atoms with Crippen LogP contribution in [0.25, 0.3) is 0 Å². The summed E-state index contributed by atoms with van der Waals surface area (Å²) in [6.07, 6.45) is 0. The van der Waals surface area contributed by atoms with Crippen LogP contribution in [0.5, 0.6) is 0 Å². The van der Waals surface area contributed by atoms with Gasteiger partial charge in [0.15, 0.2) is 9.84 Å². The maximum Gasteiger partial charge on any atom is 0.293 e. The van der Waals surface area contributed by atoms with Gasteiger partial charge in [-0.3, -0.25) is 14.9 Å². The van der Waals surface area contributed by atoms with Gasteiger partial charge in [0.05, 0.1) is 15.6 Å². The minimum Gasteiger partial charge on any atom is -0.362 e. The monoisotopic (exact) mass is 403 g/mol. The van der Waals surface area contributed by atoms with E-state index in [-0.39, 0.29) is 22.2 Å². The molecule has 1 amide bonds. The summed E-state index contributed by atoms with van der Waals surface area (Å²) in [4.78, 5) is 25.9. The Labute approximate surface area is 163 Å². The second-order valence-electron chi connectivity index (χ2n) is 6.65. The summed E-state index contributed by atoms with van der Waals surface area (Å²) in [5, 5.41) is 11.6. The molecule has 2 aromatic carbocycles. The number of nitro groups is 1. The fourth-order valence-electron chi connectivity index (χ4n) is 3.25. The van der Waals surface area contributed by atoms with Gasteiger partial charge < -0.3 is 9.80 Å². The zero-order valence-corrected chi connectivity index (χ0v) is 16.3. The van der Waals surface area contributed by atoms with Crippen molar-refractivity contribution < 1.29 is 18.1 Å². The van der Waals surface area contributed by atoms with Crippen molar-refractivity contribution in [1.82, 2.24) is 4.90 Å². The highest BCUT2D eigenvalue weighted by molar-refractivity contribution is 7.90. The van der Waals surface area contributed by atoms with E-state index < -0.39 is 14.8 Å². The smallest absolute Gasteiger partial charge is 0.293 e. The first-order valence-electron chi connectivity index (χ1n) is 8.83. The first kappa shape index (κ1) is 19.8. The molecule has 1 heterocycles. The molecule has 0 unspecified atom stereocenters. The van der Waals surface area contributed by atoms with Crippen LogP contribution in [0.2, 0.25) is 0 Å². The third kappa shape index (κ3) is 4.30. The Balaban J connectivity index is 1.87. The number of carbonyl (C=O) groups excluding carboxylic acids is 1. The Bertz CT molecular complexity index is 984. The lowest BCUT2D eigenvalue weighted by Gasteiger charge is -2.35. The van der Waals surface area contributed by atoms with E-state index in [1.165, 1.54) is 19.1 Å². The molecule has 0 spiro atoms. The number of benzene rings is 2. The molecule has 3 rings (SSSR count). The lowest BCUT2D eigenvalue weighted by Crippen LogP contribution is -2.48. The van der Waals surface area contributed by atoms with Crippen LogP contribution in [0, 0.1) is 10.1 Å². The van der Waals surface area contributed by atoms with E-state index in [2.05, 4.69) is 0 Å². The third-order valence-electron chi connectivity index (χ3n) is 4.77. The number of amides is 1. The van der Waals surface area contributed by atoms with Crippen molar-refractivity contribution in [2.45, 2.75) is 17.6 Å². The number of carbonyl (C=O) groups is 1. The third-order valence-corrected chi connectivity index (χ3v) is 6.45. The largest absolute Gasteiger partial charge is 0.362 e. The van der Waals surface area contributed by atoms with Gasteiger partial charge in [-0.1, -0.05) is 30.3 Å². The van der Waals surface area contributed by atoms with E-state index in [1.54, 1.807) is 35.2 Å². The summed E-state index contributed by atoms with van der Waals surface area (Å²) >= 11 is 0. The highest BCUT2D eigenvalue weighted by Gasteiger charge is 2.27. The Morgan fingerprint density at radius 3 is 2.29 bits per heavy atom. The van der Waals surface area contributed by atoms with Crippen LogP contribution in [0.4, 0.5) is 11.4 Å². The maximum absolute atomic E-state index is 12.7. The lowest BCUT2D eigenvalue weighted by atomic mass is 10.2. The fraction of sp³-hybridized carbons (Fsp3) is 0.316. The molecular weight excluding hydrogens is 382 g/mol. The summed E-state index contributed by atoms with van der Waals surface area (Å²) in [5.41, 5.74) is 0.742. The van der Waals surface area contributed by atoms with Gasteiger partial charge in [-0.2, -0.15) is 0 Å².